The van der Waals surface area contributed by atoms with Crippen LogP contribution in [-0.4, -0.2) is 47.5 Å². The molecule has 0 fully saturated rings. The summed E-state index contributed by atoms with van der Waals surface area (Å²) in [5.41, 5.74) is 1.70. The minimum Gasteiger partial charge on any atom is -0.497 e. The highest BCUT2D eigenvalue weighted by molar-refractivity contribution is 5.56. The zero-order valence-corrected chi connectivity index (χ0v) is 13.4. The second-order valence-corrected chi connectivity index (χ2v) is 5.22. The number of nitrogens with zero attached hydrogens (tertiary/aromatic N) is 8. The van der Waals surface area contributed by atoms with Crippen LogP contribution >= 0.6 is 0 Å². The topological polar surface area (TPSA) is 96.4 Å². The van der Waals surface area contributed by atoms with E-state index in [0.29, 0.717) is 18.2 Å². The van der Waals surface area contributed by atoms with E-state index in [9.17, 15) is 0 Å². The van der Waals surface area contributed by atoms with Crippen molar-refractivity contribution in [2.24, 2.45) is 0 Å². The molecule has 9 nitrogen and oxygen atoms in total. The SMILES string of the molecule is COc1cccc(-c2nnn(Cc3nnnn3-c3ccccc3)n2)c1. The van der Waals surface area contributed by atoms with Crippen LogP contribution in [0.4, 0.5) is 0 Å². The van der Waals surface area contributed by atoms with Crippen molar-refractivity contribution < 1.29 is 4.74 Å². The molecule has 4 rings (SSSR count). The van der Waals surface area contributed by atoms with Crippen molar-refractivity contribution in [2.75, 3.05) is 7.11 Å². The Morgan fingerprint density at radius 1 is 0.960 bits per heavy atom. The lowest BCUT2D eigenvalue weighted by Gasteiger charge is -2.03. The Labute approximate surface area is 142 Å². The number of para-hydroxylation sites is 1. The fourth-order valence-corrected chi connectivity index (χ4v) is 2.39. The third kappa shape index (κ3) is 3.07. The van der Waals surface area contributed by atoms with Crippen LogP contribution in [0.15, 0.2) is 54.6 Å². The maximum atomic E-state index is 5.22. The van der Waals surface area contributed by atoms with Crippen molar-refractivity contribution in [3.05, 3.63) is 60.4 Å². The first-order valence-corrected chi connectivity index (χ1v) is 7.58. The largest absolute Gasteiger partial charge is 0.497 e. The summed E-state index contributed by atoms with van der Waals surface area (Å²) in [5, 5.41) is 24.4. The Morgan fingerprint density at radius 3 is 2.68 bits per heavy atom. The minimum absolute atomic E-state index is 0.304. The van der Waals surface area contributed by atoms with Gasteiger partial charge in [-0.25, -0.2) is 0 Å². The van der Waals surface area contributed by atoms with Crippen LogP contribution in [0.1, 0.15) is 5.82 Å². The molecular formula is C16H14N8O. The van der Waals surface area contributed by atoms with Gasteiger partial charge in [-0.3, -0.25) is 0 Å². The van der Waals surface area contributed by atoms with E-state index in [4.69, 9.17) is 4.74 Å². The Balaban J connectivity index is 1.59. The molecule has 0 saturated carbocycles. The van der Waals surface area contributed by atoms with Crippen LogP contribution in [0.2, 0.25) is 0 Å². The summed E-state index contributed by atoms with van der Waals surface area (Å²) in [6.07, 6.45) is 0. The summed E-state index contributed by atoms with van der Waals surface area (Å²) in [5.74, 6) is 1.86. The predicted molar refractivity (Wildman–Crippen MR) is 88.1 cm³/mol. The highest BCUT2D eigenvalue weighted by atomic mass is 16.5. The fraction of sp³-hybridized carbons (Fsp3) is 0.125. The Morgan fingerprint density at radius 2 is 1.84 bits per heavy atom. The van der Waals surface area contributed by atoms with E-state index in [0.717, 1.165) is 17.0 Å². The monoisotopic (exact) mass is 334 g/mol. The van der Waals surface area contributed by atoms with Gasteiger partial charge in [0.1, 0.15) is 12.3 Å². The van der Waals surface area contributed by atoms with Crippen molar-refractivity contribution in [3.63, 3.8) is 0 Å². The first-order chi connectivity index (χ1) is 12.3. The van der Waals surface area contributed by atoms with Crippen LogP contribution in [0.3, 0.4) is 0 Å². The molecule has 4 aromatic rings. The van der Waals surface area contributed by atoms with Gasteiger partial charge in [0.2, 0.25) is 5.82 Å². The molecule has 0 aliphatic rings. The smallest absolute Gasteiger partial charge is 0.205 e. The number of methoxy groups -OCH3 is 1. The molecule has 2 aromatic heterocycles. The molecule has 0 amide bonds. The molecular weight excluding hydrogens is 320 g/mol. The zero-order valence-electron chi connectivity index (χ0n) is 13.4. The van der Waals surface area contributed by atoms with Crippen LogP contribution < -0.4 is 4.74 Å². The summed E-state index contributed by atoms with van der Waals surface area (Å²) in [6.45, 7) is 0.304. The number of aromatic nitrogens is 8. The second-order valence-electron chi connectivity index (χ2n) is 5.22. The minimum atomic E-state index is 0.304. The third-order valence-corrected chi connectivity index (χ3v) is 3.60. The highest BCUT2D eigenvalue weighted by Crippen LogP contribution is 2.20. The van der Waals surface area contributed by atoms with Gasteiger partial charge in [0.05, 0.1) is 12.8 Å². The van der Waals surface area contributed by atoms with Gasteiger partial charge in [0, 0.05) is 5.56 Å². The lowest BCUT2D eigenvalue weighted by atomic mass is 10.2. The van der Waals surface area contributed by atoms with Crippen LogP contribution in [0.25, 0.3) is 17.1 Å². The maximum Gasteiger partial charge on any atom is 0.205 e. The van der Waals surface area contributed by atoms with Gasteiger partial charge in [-0.15, -0.1) is 15.3 Å². The van der Waals surface area contributed by atoms with Gasteiger partial charge < -0.3 is 4.74 Å². The molecule has 9 heteroatoms. The van der Waals surface area contributed by atoms with Crippen molar-refractivity contribution >= 4 is 0 Å². The van der Waals surface area contributed by atoms with Gasteiger partial charge >= 0.3 is 0 Å². The van der Waals surface area contributed by atoms with Gasteiger partial charge in [-0.2, -0.15) is 9.48 Å². The quantitative estimate of drug-likeness (QED) is 0.544. The molecule has 0 unspecified atom stereocenters. The molecule has 124 valence electrons. The van der Waals surface area contributed by atoms with Gasteiger partial charge in [0.25, 0.3) is 0 Å². The molecule has 0 N–H and O–H groups in total. The third-order valence-electron chi connectivity index (χ3n) is 3.60. The Hall–Kier alpha value is -3.62. The number of benzene rings is 2. The van der Waals surface area contributed by atoms with Gasteiger partial charge in [-0.1, -0.05) is 30.3 Å². The predicted octanol–water partition coefficient (Wildman–Crippen LogP) is 1.37. The summed E-state index contributed by atoms with van der Waals surface area (Å²) in [4.78, 5) is 1.46. The number of hydrogen-bond acceptors (Lipinski definition) is 7. The molecule has 0 spiro atoms. The second kappa shape index (κ2) is 6.48. The lowest BCUT2D eigenvalue weighted by Crippen LogP contribution is -2.11. The first kappa shape index (κ1) is 14.9. The summed E-state index contributed by atoms with van der Waals surface area (Å²) in [7, 11) is 1.62. The first-order valence-electron chi connectivity index (χ1n) is 7.58. The number of tetrazole rings is 2. The van der Waals surface area contributed by atoms with E-state index in [1.807, 2.05) is 54.6 Å². The Bertz CT molecular complexity index is 978. The molecule has 0 aliphatic heterocycles. The van der Waals surface area contributed by atoms with Crippen molar-refractivity contribution in [2.45, 2.75) is 6.54 Å². The van der Waals surface area contributed by atoms with E-state index in [1.54, 1.807) is 11.8 Å². The van der Waals surface area contributed by atoms with Crippen LogP contribution in [0, 0.1) is 0 Å². The maximum absolute atomic E-state index is 5.22. The van der Waals surface area contributed by atoms with Crippen molar-refractivity contribution in [1.29, 1.82) is 0 Å². The molecule has 0 aliphatic carbocycles. The fourth-order valence-electron chi connectivity index (χ4n) is 2.39. The van der Waals surface area contributed by atoms with Gasteiger partial charge in [0.15, 0.2) is 5.82 Å². The highest BCUT2D eigenvalue weighted by Gasteiger charge is 2.12. The van der Waals surface area contributed by atoms with E-state index < -0.39 is 0 Å². The van der Waals surface area contributed by atoms with Crippen molar-refractivity contribution in [3.8, 4) is 22.8 Å². The molecule has 25 heavy (non-hydrogen) atoms. The molecule has 0 radical (unpaired) electrons. The molecule has 0 atom stereocenters. The summed E-state index contributed by atoms with van der Waals surface area (Å²) < 4.78 is 6.87. The van der Waals surface area contributed by atoms with E-state index in [1.165, 1.54) is 4.80 Å². The standard InChI is InChI=1S/C16H14N8O/c1-25-14-9-5-6-12(10-14)16-18-21-23(19-16)11-15-17-20-22-24(15)13-7-3-2-4-8-13/h2-10H,11H2,1H3. The normalized spacial score (nSPS) is 10.8. The van der Waals surface area contributed by atoms with Gasteiger partial charge in [-0.05, 0) is 39.9 Å². The molecule has 0 bridgehead atoms. The average Bonchev–Trinajstić information content (AvgIpc) is 3.32. The molecule has 2 heterocycles. The lowest BCUT2D eigenvalue weighted by molar-refractivity contribution is 0.415. The summed E-state index contributed by atoms with van der Waals surface area (Å²) in [6, 6.07) is 17.1. The Kier molecular flexibility index (Phi) is 3.87. The van der Waals surface area contributed by atoms with Crippen molar-refractivity contribution in [1.82, 2.24) is 40.4 Å². The number of hydrogen-bond donors (Lipinski definition) is 0. The average molecular weight is 334 g/mol. The van der Waals surface area contributed by atoms with Crippen LogP contribution in [-0.2, 0) is 6.54 Å². The number of ether oxygens (including phenoxy) is 1. The number of rotatable bonds is 5. The summed E-state index contributed by atoms with van der Waals surface area (Å²) >= 11 is 0. The van der Waals surface area contributed by atoms with E-state index >= 15 is 0 Å². The van der Waals surface area contributed by atoms with Crippen LogP contribution in [0.5, 0.6) is 5.75 Å². The van der Waals surface area contributed by atoms with E-state index in [2.05, 4.69) is 30.9 Å². The zero-order chi connectivity index (χ0) is 17.1. The van der Waals surface area contributed by atoms with E-state index in [-0.39, 0.29) is 0 Å². The molecule has 0 saturated heterocycles. The molecule has 2 aromatic carbocycles.